The lowest BCUT2D eigenvalue weighted by atomic mass is 9.94. The Labute approximate surface area is 181 Å². The number of likely N-dealkylation sites (tertiary alicyclic amines) is 1. The highest BCUT2D eigenvalue weighted by Gasteiger charge is 2.25. The maximum absolute atomic E-state index is 6.04. The number of hydrogen-bond acceptors (Lipinski definition) is 4. The summed E-state index contributed by atoms with van der Waals surface area (Å²) in [5.41, 5.74) is 6.55. The molecule has 1 fully saturated rings. The number of rotatable bonds is 4. The molecule has 3 aromatic heterocycles. The monoisotopic (exact) mass is 420 g/mol. The van der Waals surface area contributed by atoms with E-state index in [4.69, 9.17) is 16.7 Å². The third-order valence-corrected chi connectivity index (χ3v) is 6.21. The van der Waals surface area contributed by atoms with Gasteiger partial charge in [-0.1, -0.05) is 23.7 Å². The quantitative estimate of drug-likeness (QED) is 0.488. The first-order valence-electron chi connectivity index (χ1n) is 10.4. The fourth-order valence-corrected chi connectivity index (χ4v) is 4.68. The van der Waals surface area contributed by atoms with Crippen molar-refractivity contribution < 1.29 is 0 Å². The Hall–Kier alpha value is -2.70. The summed E-state index contributed by atoms with van der Waals surface area (Å²) >= 11 is 6.04. The molecule has 1 aliphatic heterocycles. The standard InChI is InChI=1S/C23H25ClN6/c1-16-22(19-12-26-28(2)14-19)23-25-10-9-21(30(23)27-16)18-4-3-11-29(15-18)13-17-5-7-20(24)8-6-17/h5-10,12,14,18H,3-4,11,13,15H2,1-2H3. The molecule has 0 saturated carbocycles. The molecule has 1 atom stereocenters. The molecule has 30 heavy (non-hydrogen) atoms. The highest BCUT2D eigenvalue weighted by molar-refractivity contribution is 6.30. The van der Waals surface area contributed by atoms with Gasteiger partial charge in [-0.05, 0) is 50.1 Å². The van der Waals surface area contributed by atoms with E-state index in [1.165, 1.54) is 17.7 Å². The second-order valence-electron chi connectivity index (χ2n) is 8.17. The van der Waals surface area contributed by atoms with E-state index in [-0.39, 0.29) is 0 Å². The predicted octanol–water partition coefficient (Wildman–Crippen LogP) is 4.47. The summed E-state index contributed by atoms with van der Waals surface area (Å²) in [5, 5.41) is 9.99. The average molecular weight is 421 g/mol. The van der Waals surface area contributed by atoms with Crippen molar-refractivity contribution in [1.82, 2.24) is 29.3 Å². The van der Waals surface area contributed by atoms with Gasteiger partial charge in [-0.3, -0.25) is 9.58 Å². The van der Waals surface area contributed by atoms with Crippen LogP contribution in [0.25, 0.3) is 16.8 Å². The summed E-state index contributed by atoms with van der Waals surface area (Å²) < 4.78 is 3.87. The molecular weight excluding hydrogens is 396 g/mol. The number of aryl methyl sites for hydroxylation is 2. The summed E-state index contributed by atoms with van der Waals surface area (Å²) in [6, 6.07) is 10.3. The van der Waals surface area contributed by atoms with Crippen LogP contribution < -0.4 is 0 Å². The Morgan fingerprint density at radius 2 is 2.00 bits per heavy atom. The minimum Gasteiger partial charge on any atom is -0.298 e. The number of aromatic nitrogens is 5. The molecule has 0 N–H and O–H groups in total. The first-order valence-corrected chi connectivity index (χ1v) is 10.8. The molecule has 0 aliphatic carbocycles. The molecule has 1 aromatic carbocycles. The zero-order valence-electron chi connectivity index (χ0n) is 17.3. The van der Waals surface area contributed by atoms with E-state index < -0.39 is 0 Å². The van der Waals surface area contributed by atoms with Gasteiger partial charge in [0.05, 0.1) is 23.1 Å². The molecule has 154 valence electrons. The molecule has 1 saturated heterocycles. The number of piperidine rings is 1. The molecule has 0 spiro atoms. The topological polar surface area (TPSA) is 51.2 Å². The van der Waals surface area contributed by atoms with Gasteiger partial charge in [0.1, 0.15) is 0 Å². The Bertz CT molecular complexity index is 1180. The average Bonchev–Trinajstić information content (AvgIpc) is 3.31. The van der Waals surface area contributed by atoms with Crippen LogP contribution in [0, 0.1) is 6.92 Å². The second kappa shape index (κ2) is 7.85. The van der Waals surface area contributed by atoms with E-state index in [0.29, 0.717) is 5.92 Å². The predicted molar refractivity (Wildman–Crippen MR) is 119 cm³/mol. The Morgan fingerprint density at radius 3 is 2.77 bits per heavy atom. The number of halogens is 1. The Balaban J connectivity index is 1.45. The third kappa shape index (κ3) is 3.61. The van der Waals surface area contributed by atoms with E-state index in [2.05, 4.69) is 40.1 Å². The van der Waals surface area contributed by atoms with Gasteiger partial charge in [-0.15, -0.1) is 0 Å². The maximum Gasteiger partial charge on any atom is 0.163 e. The van der Waals surface area contributed by atoms with Crippen molar-refractivity contribution in [1.29, 1.82) is 0 Å². The summed E-state index contributed by atoms with van der Waals surface area (Å²) in [5.74, 6) is 0.428. The number of benzene rings is 1. The van der Waals surface area contributed by atoms with Crippen LogP contribution >= 0.6 is 11.6 Å². The van der Waals surface area contributed by atoms with E-state index in [9.17, 15) is 0 Å². The van der Waals surface area contributed by atoms with Crippen molar-refractivity contribution in [2.45, 2.75) is 32.2 Å². The zero-order valence-corrected chi connectivity index (χ0v) is 18.0. The van der Waals surface area contributed by atoms with Crippen molar-refractivity contribution in [3.63, 3.8) is 0 Å². The van der Waals surface area contributed by atoms with Gasteiger partial charge in [0.15, 0.2) is 5.65 Å². The molecule has 4 aromatic rings. The minimum absolute atomic E-state index is 0.428. The number of nitrogens with zero attached hydrogens (tertiary/aromatic N) is 6. The van der Waals surface area contributed by atoms with Crippen molar-refractivity contribution in [2.24, 2.45) is 7.05 Å². The van der Waals surface area contributed by atoms with Gasteiger partial charge >= 0.3 is 0 Å². The summed E-state index contributed by atoms with van der Waals surface area (Å²) in [4.78, 5) is 7.21. The molecule has 0 bridgehead atoms. The summed E-state index contributed by atoms with van der Waals surface area (Å²) in [7, 11) is 1.93. The van der Waals surface area contributed by atoms with Crippen LogP contribution in [0.4, 0.5) is 0 Å². The van der Waals surface area contributed by atoms with Crippen molar-refractivity contribution in [3.8, 4) is 11.1 Å². The fourth-order valence-electron chi connectivity index (χ4n) is 4.56. The first kappa shape index (κ1) is 19.3. The molecule has 5 rings (SSSR count). The van der Waals surface area contributed by atoms with Gasteiger partial charge in [-0.2, -0.15) is 10.2 Å². The van der Waals surface area contributed by atoms with Crippen LogP contribution in [0.5, 0.6) is 0 Å². The molecule has 0 radical (unpaired) electrons. The Kier molecular flexibility index (Phi) is 5.05. The highest BCUT2D eigenvalue weighted by Crippen LogP contribution is 2.32. The minimum atomic E-state index is 0.428. The van der Waals surface area contributed by atoms with Crippen LogP contribution in [0.15, 0.2) is 48.9 Å². The third-order valence-electron chi connectivity index (χ3n) is 5.96. The highest BCUT2D eigenvalue weighted by atomic mass is 35.5. The van der Waals surface area contributed by atoms with Crippen LogP contribution in [0.2, 0.25) is 5.02 Å². The largest absolute Gasteiger partial charge is 0.298 e. The molecular formula is C23H25ClN6. The zero-order chi connectivity index (χ0) is 20.7. The Morgan fingerprint density at radius 1 is 1.17 bits per heavy atom. The van der Waals surface area contributed by atoms with Gasteiger partial charge in [0, 0.05) is 49.0 Å². The van der Waals surface area contributed by atoms with Gasteiger partial charge < -0.3 is 0 Å². The molecule has 0 amide bonds. The van der Waals surface area contributed by atoms with Crippen LogP contribution in [-0.4, -0.2) is 42.4 Å². The second-order valence-corrected chi connectivity index (χ2v) is 8.61. The van der Waals surface area contributed by atoms with Crippen LogP contribution in [0.1, 0.15) is 35.7 Å². The van der Waals surface area contributed by atoms with Crippen LogP contribution in [0.3, 0.4) is 0 Å². The van der Waals surface area contributed by atoms with Gasteiger partial charge in [0.2, 0.25) is 0 Å². The summed E-state index contributed by atoms with van der Waals surface area (Å²) in [6.07, 6.45) is 8.17. The lowest BCUT2D eigenvalue weighted by Gasteiger charge is -2.33. The molecule has 4 heterocycles. The van der Waals surface area contributed by atoms with E-state index in [1.807, 2.05) is 47.0 Å². The molecule has 1 aliphatic rings. The van der Waals surface area contributed by atoms with Crippen molar-refractivity contribution in [3.05, 3.63) is 70.9 Å². The number of fused-ring (bicyclic) bond motifs is 1. The molecule has 1 unspecified atom stereocenters. The van der Waals surface area contributed by atoms with Gasteiger partial charge in [0.25, 0.3) is 0 Å². The van der Waals surface area contributed by atoms with E-state index in [0.717, 1.165) is 53.5 Å². The van der Waals surface area contributed by atoms with E-state index >= 15 is 0 Å². The smallest absolute Gasteiger partial charge is 0.163 e. The van der Waals surface area contributed by atoms with Crippen LogP contribution in [-0.2, 0) is 13.6 Å². The molecule has 7 heteroatoms. The summed E-state index contributed by atoms with van der Waals surface area (Å²) in [6.45, 7) is 5.13. The van der Waals surface area contributed by atoms with Gasteiger partial charge in [-0.25, -0.2) is 9.50 Å². The van der Waals surface area contributed by atoms with Crippen molar-refractivity contribution in [2.75, 3.05) is 13.1 Å². The van der Waals surface area contributed by atoms with Crippen molar-refractivity contribution >= 4 is 17.2 Å². The maximum atomic E-state index is 6.04. The SMILES string of the molecule is Cc1nn2c(C3CCCN(Cc4ccc(Cl)cc4)C3)ccnc2c1-c1cnn(C)c1. The number of hydrogen-bond donors (Lipinski definition) is 0. The first-order chi connectivity index (χ1) is 14.6. The normalized spacial score (nSPS) is 17.6. The molecule has 6 nitrogen and oxygen atoms in total. The lowest BCUT2D eigenvalue weighted by Crippen LogP contribution is -2.34. The fraction of sp³-hybridized carbons (Fsp3) is 0.348. The lowest BCUT2D eigenvalue weighted by molar-refractivity contribution is 0.197. The van der Waals surface area contributed by atoms with E-state index in [1.54, 1.807) is 0 Å².